The highest BCUT2D eigenvalue weighted by atomic mass is 35.5. The molecule has 11 nitrogen and oxygen atoms in total. The number of benzene rings is 2. The number of anilines is 1. The first-order valence-electron chi connectivity index (χ1n) is 16.5. The van der Waals surface area contributed by atoms with Crippen LogP contribution >= 0.6 is 11.6 Å². The lowest BCUT2D eigenvalue weighted by Crippen LogP contribution is -2.59. The second-order valence-corrected chi connectivity index (χ2v) is 13.4. The quantitative estimate of drug-likeness (QED) is 0.363. The molecule has 0 spiro atoms. The molecule has 3 saturated heterocycles. The Balaban J connectivity index is 1.13. The van der Waals surface area contributed by atoms with Crippen LogP contribution in [0.5, 0.6) is 5.75 Å². The average molecular weight is 692 g/mol. The number of nitrogens with one attached hydrogen (secondary N) is 3. The van der Waals surface area contributed by atoms with Crippen LogP contribution in [0.1, 0.15) is 42.4 Å². The number of rotatable bonds is 6. The largest absolute Gasteiger partial charge is 0.506 e. The van der Waals surface area contributed by atoms with E-state index in [2.05, 4.69) is 20.9 Å². The molecule has 2 aromatic carbocycles. The van der Waals surface area contributed by atoms with E-state index in [1.54, 1.807) is 14.7 Å². The molecule has 0 saturated carbocycles. The Morgan fingerprint density at radius 3 is 2.33 bits per heavy atom. The van der Waals surface area contributed by atoms with Gasteiger partial charge in [-0.05, 0) is 68.1 Å². The molecule has 4 heterocycles. The Morgan fingerprint density at radius 1 is 0.958 bits per heavy atom. The van der Waals surface area contributed by atoms with Gasteiger partial charge in [0.05, 0.1) is 10.6 Å². The molecule has 48 heavy (non-hydrogen) atoms. The topological polar surface area (TPSA) is 120 Å². The van der Waals surface area contributed by atoms with Crippen LogP contribution in [0.4, 0.5) is 28.4 Å². The Morgan fingerprint density at radius 2 is 1.65 bits per heavy atom. The van der Waals surface area contributed by atoms with Gasteiger partial charge in [-0.2, -0.15) is 13.2 Å². The molecule has 4 aliphatic rings. The molecule has 15 heteroatoms. The van der Waals surface area contributed by atoms with Crippen LogP contribution in [0, 0.1) is 0 Å². The number of fused-ring (bicyclic) bond motifs is 1. The van der Waals surface area contributed by atoms with Crippen molar-refractivity contribution in [2.75, 3.05) is 57.7 Å². The molecule has 260 valence electrons. The van der Waals surface area contributed by atoms with Gasteiger partial charge in [0.15, 0.2) is 0 Å². The summed E-state index contributed by atoms with van der Waals surface area (Å²) in [5.74, 6) is -1.47. The SMILES string of the molecule is O=C(NC(Cc1cc(Cl)c(O)c(C(F)(F)F)c1)C(=O)N1CCN(C2CCNCC2)CC1)N1CCC(N2Cc3ccccc3NC2=O)CC1. The van der Waals surface area contributed by atoms with Gasteiger partial charge in [0.1, 0.15) is 11.8 Å². The molecule has 5 amide bonds. The molecular weight excluding hydrogens is 651 g/mol. The van der Waals surface area contributed by atoms with Crippen molar-refractivity contribution in [3.05, 3.63) is 58.1 Å². The van der Waals surface area contributed by atoms with E-state index >= 15 is 0 Å². The van der Waals surface area contributed by atoms with Gasteiger partial charge in [-0.15, -0.1) is 0 Å². The monoisotopic (exact) mass is 691 g/mol. The van der Waals surface area contributed by atoms with Crippen molar-refractivity contribution < 1.29 is 32.7 Å². The number of phenols is 1. The number of para-hydroxylation sites is 1. The van der Waals surface area contributed by atoms with Gasteiger partial charge in [0.2, 0.25) is 5.91 Å². The molecule has 4 aliphatic heterocycles. The Bertz CT molecular complexity index is 1510. The van der Waals surface area contributed by atoms with Crippen molar-refractivity contribution in [1.29, 1.82) is 0 Å². The molecule has 0 aliphatic carbocycles. The predicted molar refractivity (Wildman–Crippen MR) is 174 cm³/mol. The number of amides is 5. The molecular formula is C33H41ClF3N7O4. The second kappa shape index (κ2) is 14.4. The van der Waals surface area contributed by atoms with Crippen LogP contribution in [0.15, 0.2) is 36.4 Å². The van der Waals surface area contributed by atoms with Crippen molar-refractivity contribution in [1.82, 2.24) is 30.2 Å². The molecule has 3 fully saturated rings. The lowest BCUT2D eigenvalue weighted by Gasteiger charge is -2.42. The van der Waals surface area contributed by atoms with E-state index in [1.165, 1.54) is 6.07 Å². The third kappa shape index (κ3) is 7.60. The van der Waals surface area contributed by atoms with Crippen molar-refractivity contribution in [3.8, 4) is 5.75 Å². The van der Waals surface area contributed by atoms with E-state index in [0.29, 0.717) is 64.7 Å². The molecule has 2 aromatic rings. The summed E-state index contributed by atoms with van der Waals surface area (Å²) < 4.78 is 41.1. The third-order valence-electron chi connectivity index (χ3n) is 9.97. The molecule has 1 unspecified atom stereocenters. The number of hydrogen-bond donors (Lipinski definition) is 4. The van der Waals surface area contributed by atoms with Gasteiger partial charge in [0.25, 0.3) is 0 Å². The zero-order valence-electron chi connectivity index (χ0n) is 26.6. The number of piperazine rings is 1. The van der Waals surface area contributed by atoms with Gasteiger partial charge < -0.3 is 35.8 Å². The summed E-state index contributed by atoms with van der Waals surface area (Å²) in [4.78, 5) is 47.8. The first-order valence-corrected chi connectivity index (χ1v) is 16.9. The number of urea groups is 2. The maximum atomic E-state index is 13.9. The minimum absolute atomic E-state index is 0.0622. The summed E-state index contributed by atoms with van der Waals surface area (Å²) >= 11 is 5.99. The Labute approximate surface area is 282 Å². The van der Waals surface area contributed by atoms with Crippen LogP contribution in [0.2, 0.25) is 5.02 Å². The number of carbonyl (C=O) groups excluding carboxylic acids is 3. The van der Waals surface area contributed by atoms with Gasteiger partial charge >= 0.3 is 18.2 Å². The fourth-order valence-electron chi connectivity index (χ4n) is 7.26. The highest BCUT2D eigenvalue weighted by Crippen LogP contribution is 2.40. The van der Waals surface area contributed by atoms with Gasteiger partial charge in [-0.3, -0.25) is 9.69 Å². The number of carbonyl (C=O) groups is 3. The van der Waals surface area contributed by atoms with Gasteiger partial charge in [-0.25, -0.2) is 9.59 Å². The maximum absolute atomic E-state index is 13.9. The van der Waals surface area contributed by atoms with Crippen LogP contribution in [0.3, 0.4) is 0 Å². The van der Waals surface area contributed by atoms with Crippen molar-refractivity contribution in [3.63, 3.8) is 0 Å². The van der Waals surface area contributed by atoms with Crippen LogP contribution in [-0.2, 0) is 23.9 Å². The van der Waals surface area contributed by atoms with E-state index in [1.807, 2.05) is 24.3 Å². The summed E-state index contributed by atoms with van der Waals surface area (Å²) in [5.41, 5.74) is 0.561. The molecule has 0 radical (unpaired) electrons. The van der Waals surface area contributed by atoms with E-state index < -0.39 is 34.6 Å². The van der Waals surface area contributed by atoms with E-state index in [0.717, 1.165) is 43.2 Å². The maximum Gasteiger partial charge on any atom is 0.420 e. The standard InChI is InChI=1S/C33H41ClF3N7O4/c34-26-18-21(17-25(29(26)45)33(35,36)37)19-28(30(46)42-15-13-41(14-16-42)23-5-9-38-10-6-23)40-31(47)43-11-7-24(8-12-43)44-20-22-3-1-2-4-27(22)39-32(44)48/h1-4,17-18,23-24,28,38,45H,5-16,19-20H2,(H,39,48)(H,40,47). The molecule has 0 bridgehead atoms. The zero-order chi connectivity index (χ0) is 34.0. The fourth-order valence-corrected chi connectivity index (χ4v) is 7.50. The first kappa shape index (κ1) is 34.1. The van der Waals surface area contributed by atoms with Crippen molar-refractivity contribution >= 4 is 35.3 Å². The summed E-state index contributed by atoms with van der Waals surface area (Å²) in [7, 11) is 0. The fraction of sp³-hybridized carbons (Fsp3) is 0.545. The summed E-state index contributed by atoms with van der Waals surface area (Å²) in [6.45, 7) is 5.24. The minimum Gasteiger partial charge on any atom is -0.506 e. The number of likely N-dealkylation sites (tertiary alicyclic amines) is 1. The lowest BCUT2D eigenvalue weighted by molar-refractivity contribution is -0.138. The van der Waals surface area contributed by atoms with Crippen LogP contribution in [0.25, 0.3) is 0 Å². The predicted octanol–water partition coefficient (Wildman–Crippen LogP) is 4.09. The highest BCUT2D eigenvalue weighted by molar-refractivity contribution is 6.32. The third-order valence-corrected chi connectivity index (χ3v) is 10.3. The number of halogens is 4. The van der Waals surface area contributed by atoms with E-state index in [4.69, 9.17) is 11.6 Å². The summed E-state index contributed by atoms with van der Waals surface area (Å²) in [5, 5.41) is 18.6. The van der Waals surface area contributed by atoms with Crippen LogP contribution in [-0.4, -0.2) is 113 Å². The number of aromatic hydroxyl groups is 1. The molecule has 6 rings (SSSR count). The van der Waals surface area contributed by atoms with Crippen molar-refractivity contribution in [2.45, 2.75) is 63.0 Å². The Kier molecular flexibility index (Phi) is 10.2. The lowest BCUT2D eigenvalue weighted by atomic mass is 10.00. The summed E-state index contributed by atoms with van der Waals surface area (Å²) in [6.07, 6.45) is -1.99. The second-order valence-electron chi connectivity index (χ2n) is 13.0. The van der Waals surface area contributed by atoms with Gasteiger partial charge in [0, 0.05) is 70.0 Å². The molecule has 4 N–H and O–H groups in total. The normalized spacial score (nSPS) is 20.7. The zero-order valence-corrected chi connectivity index (χ0v) is 27.3. The average Bonchev–Trinajstić information content (AvgIpc) is 3.09. The number of alkyl halides is 3. The molecule has 0 aromatic heterocycles. The van der Waals surface area contributed by atoms with E-state index in [9.17, 15) is 32.7 Å². The number of nitrogens with zero attached hydrogens (tertiary/aromatic N) is 4. The Hall–Kier alpha value is -3.75. The van der Waals surface area contributed by atoms with Crippen LogP contribution < -0.4 is 16.0 Å². The summed E-state index contributed by atoms with van der Waals surface area (Å²) in [6, 6.07) is 8.08. The van der Waals surface area contributed by atoms with Crippen molar-refractivity contribution in [2.24, 2.45) is 0 Å². The number of hydrogen-bond acceptors (Lipinski definition) is 6. The highest BCUT2D eigenvalue weighted by Gasteiger charge is 2.38. The minimum atomic E-state index is -4.87. The molecule has 1 atom stereocenters. The first-order chi connectivity index (χ1) is 23.0. The van der Waals surface area contributed by atoms with E-state index in [-0.39, 0.29) is 30.0 Å². The smallest absolute Gasteiger partial charge is 0.420 e. The number of piperidine rings is 2. The van der Waals surface area contributed by atoms with Gasteiger partial charge in [-0.1, -0.05) is 29.8 Å². The number of phenolic OH excluding ortho intramolecular Hbond substituents is 1.